The van der Waals surface area contributed by atoms with Crippen molar-refractivity contribution in [3.63, 3.8) is 0 Å². The summed E-state index contributed by atoms with van der Waals surface area (Å²) in [6.45, 7) is 5.53. The van der Waals surface area contributed by atoms with Crippen LogP contribution < -0.4 is 5.32 Å². The first-order valence-corrected chi connectivity index (χ1v) is 5.99. The number of urea groups is 1. The van der Waals surface area contributed by atoms with Gasteiger partial charge in [-0.3, -0.25) is 0 Å². The zero-order chi connectivity index (χ0) is 14.1. The average Bonchev–Trinajstić information content (AvgIpc) is 3.09. The summed E-state index contributed by atoms with van der Waals surface area (Å²) in [5.74, 6) is 0.968. The summed E-state index contributed by atoms with van der Waals surface area (Å²) in [6.07, 6.45) is 6.97. The number of hydrogen-bond acceptors (Lipinski definition) is 3. The second-order valence-electron chi connectivity index (χ2n) is 4.06. The van der Waals surface area contributed by atoms with Crippen LogP contribution >= 0.6 is 0 Å². The normalized spacial score (nSPS) is 13.0. The van der Waals surface area contributed by atoms with E-state index in [1.165, 1.54) is 0 Å². The van der Waals surface area contributed by atoms with Gasteiger partial charge >= 0.3 is 6.03 Å². The molecule has 1 saturated heterocycles. The Kier molecular flexibility index (Phi) is 6.14. The standard InChI is InChI=1S/C4H8N2O.2C4H6N2/c1-6-3-2-5-4(6)7;1-4-2-5-3-6-4;1-4-5-2-3-6-4/h2-3H2,1H3,(H,5,7);2*2-3H,1H3,(H,5,6). The highest BCUT2D eigenvalue weighted by Crippen LogP contribution is 1.88. The molecule has 1 fully saturated rings. The highest BCUT2D eigenvalue weighted by atomic mass is 16.2. The van der Waals surface area contributed by atoms with E-state index in [0.717, 1.165) is 24.6 Å². The highest BCUT2D eigenvalue weighted by molar-refractivity contribution is 5.75. The number of carbonyl (C=O) groups is 1. The van der Waals surface area contributed by atoms with Crippen LogP contribution in [0.2, 0.25) is 0 Å². The van der Waals surface area contributed by atoms with Crippen molar-refractivity contribution >= 4 is 6.03 Å². The lowest BCUT2D eigenvalue weighted by molar-refractivity contribution is 0.226. The molecular weight excluding hydrogens is 244 g/mol. The van der Waals surface area contributed by atoms with E-state index < -0.39 is 0 Å². The molecule has 0 atom stereocenters. The number of H-pyrrole nitrogens is 2. The quantitative estimate of drug-likeness (QED) is 0.665. The number of hydrogen-bond donors (Lipinski definition) is 3. The fourth-order valence-electron chi connectivity index (χ4n) is 1.24. The molecule has 7 heteroatoms. The van der Waals surface area contributed by atoms with Gasteiger partial charge < -0.3 is 20.2 Å². The van der Waals surface area contributed by atoms with Gasteiger partial charge in [0, 0.05) is 44.4 Å². The van der Waals surface area contributed by atoms with E-state index in [1.807, 2.05) is 13.8 Å². The maximum atomic E-state index is 10.4. The average molecular weight is 264 g/mol. The van der Waals surface area contributed by atoms with Gasteiger partial charge in [0.15, 0.2) is 0 Å². The molecule has 0 saturated carbocycles. The number of nitrogens with zero attached hydrogens (tertiary/aromatic N) is 3. The van der Waals surface area contributed by atoms with E-state index in [9.17, 15) is 4.79 Å². The molecular formula is C12H20N6O. The first-order valence-electron chi connectivity index (χ1n) is 5.99. The van der Waals surface area contributed by atoms with E-state index in [4.69, 9.17) is 0 Å². The maximum Gasteiger partial charge on any atom is 0.317 e. The van der Waals surface area contributed by atoms with Crippen LogP contribution in [0.3, 0.4) is 0 Å². The van der Waals surface area contributed by atoms with Gasteiger partial charge in [0.25, 0.3) is 0 Å². The number of imidazole rings is 2. The minimum atomic E-state index is 0.0417. The smallest absolute Gasteiger partial charge is 0.317 e. The SMILES string of the molecule is CN1CCNC1=O.Cc1cnc[nH]1.Cc1ncc[nH]1. The van der Waals surface area contributed by atoms with E-state index in [2.05, 4.69) is 25.3 Å². The molecule has 2 amide bonds. The van der Waals surface area contributed by atoms with Gasteiger partial charge in [0.1, 0.15) is 5.82 Å². The molecule has 0 bridgehead atoms. The third-order valence-corrected chi connectivity index (χ3v) is 2.34. The number of likely N-dealkylation sites (N-methyl/N-ethyl adjacent to an activating group) is 1. The number of aryl methyl sites for hydroxylation is 2. The minimum Gasteiger partial charge on any atom is -0.349 e. The van der Waals surface area contributed by atoms with Crippen LogP contribution in [0.25, 0.3) is 0 Å². The molecule has 0 aromatic carbocycles. The van der Waals surface area contributed by atoms with Crippen LogP contribution in [0.1, 0.15) is 11.5 Å². The molecule has 0 unspecified atom stereocenters. The maximum absolute atomic E-state index is 10.4. The van der Waals surface area contributed by atoms with E-state index in [0.29, 0.717) is 0 Å². The Balaban J connectivity index is 0.000000143. The molecule has 2 aromatic heterocycles. The second-order valence-corrected chi connectivity index (χ2v) is 4.06. The van der Waals surface area contributed by atoms with Gasteiger partial charge in [0.05, 0.1) is 6.33 Å². The number of rotatable bonds is 0. The fraction of sp³-hybridized carbons (Fsp3) is 0.417. The molecule has 2 aromatic rings. The minimum absolute atomic E-state index is 0.0417. The van der Waals surface area contributed by atoms with Gasteiger partial charge in [0.2, 0.25) is 0 Å². The third-order valence-electron chi connectivity index (χ3n) is 2.34. The Morgan fingerprint density at radius 2 is 2.11 bits per heavy atom. The van der Waals surface area contributed by atoms with Crippen LogP contribution in [-0.2, 0) is 0 Å². The van der Waals surface area contributed by atoms with Crippen LogP contribution in [0.15, 0.2) is 24.9 Å². The summed E-state index contributed by atoms with van der Waals surface area (Å²) in [5, 5.41) is 2.66. The topological polar surface area (TPSA) is 89.7 Å². The molecule has 3 N–H and O–H groups in total. The summed E-state index contributed by atoms with van der Waals surface area (Å²) in [5.41, 5.74) is 1.11. The van der Waals surface area contributed by atoms with E-state index in [-0.39, 0.29) is 6.03 Å². The van der Waals surface area contributed by atoms with Crippen molar-refractivity contribution in [3.05, 3.63) is 36.4 Å². The van der Waals surface area contributed by atoms with Crippen molar-refractivity contribution in [2.75, 3.05) is 20.1 Å². The summed E-state index contributed by atoms with van der Waals surface area (Å²) in [7, 11) is 1.78. The third kappa shape index (κ3) is 6.25. The first-order chi connectivity index (χ1) is 9.09. The van der Waals surface area contributed by atoms with Crippen LogP contribution in [0, 0.1) is 13.8 Å². The summed E-state index contributed by atoms with van der Waals surface area (Å²) >= 11 is 0. The van der Waals surface area contributed by atoms with Crippen molar-refractivity contribution < 1.29 is 4.79 Å². The van der Waals surface area contributed by atoms with Crippen LogP contribution in [0.5, 0.6) is 0 Å². The molecule has 1 aliphatic rings. The number of nitrogens with one attached hydrogen (secondary N) is 3. The van der Waals surface area contributed by atoms with E-state index in [1.54, 1.807) is 36.9 Å². The van der Waals surface area contributed by atoms with Gasteiger partial charge in [-0.15, -0.1) is 0 Å². The Hall–Kier alpha value is -2.31. The molecule has 3 heterocycles. The van der Waals surface area contributed by atoms with Crippen molar-refractivity contribution in [1.29, 1.82) is 0 Å². The molecule has 7 nitrogen and oxygen atoms in total. The number of aromatic amines is 2. The Bertz CT molecular complexity index is 418. The molecule has 0 radical (unpaired) electrons. The van der Waals surface area contributed by atoms with Crippen LogP contribution in [0.4, 0.5) is 4.79 Å². The number of aromatic nitrogens is 4. The molecule has 3 rings (SSSR count). The van der Waals surface area contributed by atoms with Crippen molar-refractivity contribution in [1.82, 2.24) is 30.2 Å². The molecule has 19 heavy (non-hydrogen) atoms. The zero-order valence-corrected chi connectivity index (χ0v) is 11.5. The van der Waals surface area contributed by atoms with Gasteiger partial charge in [-0.1, -0.05) is 0 Å². The van der Waals surface area contributed by atoms with Crippen LogP contribution in [-0.4, -0.2) is 51.0 Å². The Morgan fingerprint density at radius 3 is 2.26 bits per heavy atom. The second kappa shape index (κ2) is 7.91. The first kappa shape index (κ1) is 14.7. The van der Waals surface area contributed by atoms with Crippen molar-refractivity contribution in [3.8, 4) is 0 Å². The highest BCUT2D eigenvalue weighted by Gasteiger charge is 2.12. The zero-order valence-electron chi connectivity index (χ0n) is 11.5. The summed E-state index contributed by atoms with van der Waals surface area (Å²) < 4.78 is 0. The molecule has 0 spiro atoms. The van der Waals surface area contributed by atoms with Crippen molar-refractivity contribution in [2.45, 2.75) is 13.8 Å². The van der Waals surface area contributed by atoms with Crippen molar-refractivity contribution in [2.24, 2.45) is 0 Å². The predicted octanol–water partition coefficient (Wildman–Crippen LogP) is 1.08. The largest absolute Gasteiger partial charge is 0.349 e. The lowest BCUT2D eigenvalue weighted by Crippen LogP contribution is -2.23. The lowest BCUT2D eigenvalue weighted by Gasteiger charge is -2.01. The fourth-order valence-corrected chi connectivity index (χ4v) is 1.24. The monoisotopic (exact) mass is 264 g/mol. The lowest BCUT2D eigenvalue weighted by atomic mass is 10.6. The van der Waals surface area contributed by atoms with E-state index >= 15 is 0 Å². The summed E-state index contributed by atoms with van der Waals surface area (Å²) in [4.78, 5) is 25.4. The molecule has 0 aliphatic carbocycles. The van der Waals surface area contributed by atoms with Gasteiger partial charge in [-0.05, 0) is 13.8 Å². The number of carbonyl (C=O) groups excluding carboxylic acids is 1. The molecule has 104 valence electrons. The molecule has 1 aliphatic heterocycles. The van der Waals surface area contributed by atoms with Gasteiger partial charge in [-0.25, -0.2) is 14.8 Å². The Morgan fingerprint density at radius 1 is 1.32 bits per heavy atom. The Labute approximate surface area is 112 Å². The predicted molar refractivity (Wildman–Crippen MR) is 72.7 cm³/mol. The van der Waals surface area contributed by atoms with Gasteiger partial charge in [-0.2, -0.15) is 0 Å². The summed E-state index contributed by atoms with van der Waals surface area (Å²) in [6, 6.07) is 0.0417. The number of amides is 2.